The lowest BCUT2D eigenvalue weighted by molar-refractivity contribution is -0.0449. The van der Waals surface area contributed by atoms with Crippen LogP contribution >= 0.6 is 11.8 Å². The van der Waals surface area contributed by atoms with Crippen LogP contribution in [0, 0.1) is 0 Å². The van der Waals surface area contributed by atoms with Gasteiger partial charge >= 0.3 is 0 Å². The fourth-order valence-electron chi connectivity index (χ4n) is 2.11. The Labute approximate surface area is 102 Å². The van der Waals surface area contributed by atoms with Crippen molar-refractivity contribution in [1.82, 2.24) is 0 Å². The van der Waals surface area contributed by atoms with Crippen molar-refractivity contribution in [2.24, 2.45) is 0 Å². The van der Waals surface area contributed by atoms with Gasteiger partial charge in [-0.3, -0.25) is 0 Å². The summed E-state index contributed by atoms with van der Waals surface area (Å²) < 4.78 is 16.6. The van der Waals surface area contributed by atoms with Gasteiger partial charge in [0, 0.05) is 24.2 Å². The zero-order valence-electron chi connectivity index (χ0n) is 9.86. The minimum atomic E-state index is 0.344. The molecule has 2 rings (SSSR count). The second-order valence-corrected chi connectivity index (χ2v) is 5.83. The SMILES string of the molecule is C1COCC(OCCSC2CCCOC2)C1. The summed E-state index contributed by atoms with van der Waals surface area (Å²) in [4.78, 5) is 0. The number of ether oxygens (including phenoxy) is 3. The highest BCUT2D eigenvalue weighted by Gasteiger charge is 2.16. The van der Waals surface area contributed by atoms with Crippen molar-refractivity contribution in [2.75, 3.05) is 38.8 Å². The van der Waals surface area contributed by atoms with Crippen molar-refractivity contribution in [1.29, 1.82) is 0 Å². The van der Waals surface area contributed by atoms with Crippen molar-refractivity contribution in [3.63, 3.8) is 0 Å². The summed E-state index contributed by atoms with van der Waals surface area (Å²) in [5, 5.41) is 0.694. The molecule has 2 aliphatic rings. The summed E-state index contributed by atoms with van der Waals surface area (Å²) >= 11 is 2.00. The molecule has 2 atom stereocenters. The van der Waals surface area contributed by atoms with Gasteiger partial charge in [-0.15, -0.1) is 0 Å². The van der Waals surface area contributed by atoms with E-state index in [0.717, 1.165) is 51.6 Å². The summed E-state index contributed by atoms with van der Waals surface area (Å²) in [6.45, 7) is 4.44. The molecule has 2 fully saturated rings. The van der Waals surface area contributed by atoms with Crippen LogP contribution in [0.15, 0.2) is 0 Å². The summed E-state index contributed by atoms with van der Waals surface area (Å²) in [7, 11) is 0. The highest BCUT2D eigenvalue weighted by molar-refractivity contribution is 7.99. The zero-order chi connectivity index (χ0) is 11.1. The maximum Gasteiger partial charge on any atom is 0.0809 e. The third kappa shape index (κ3) is 4.62. The molecule has 0 bridgehead atoms. The number of rotatable bonds is 5. The first-order valence-corrected chi connectivity index (χ1v) is 7.39. The molecule has 0 aromatic rings. The van der Waals surface area contributed by atoms with E-state index in [1.54, 1.807) is 0 Å². The Balaban J connectivity index is 1.47. The van der Waals surface area contributed by atoms with E-state index in [1.165, 1.54) is 12.8 Å². The summed E-state index contributed by atoms with van der Waals surface area (Å²) in [5.74, 6) is 1.09. The van der Waals surface area contributed by atoms with Crippen LogP contribution in [0.1, 0.15) is 25.7 Å². The summed E-state index contributed by atoms with van der Waals surface area (Å²) in [6, 6.07) is 0. The molecule has 3 nitrogen and oxygen atoms in total. The fourth-order valence-corrected chi connectivity index (χ4v) is 3.17. The third-order valence-electron chi connectivity index (χ3n) is 3.03. The van der Waals surface area contributed by atoms with E-state index < -0.39 is 0 Å². The van der Waals surface area contributed by atoms with Gasteiger partial charge in [0.1, 0.15) is 0 Å². The number of hydrogen-bond acceptors (Lipinski definition) is 4. The first kappa shape index (κ1) is 12.7. The highest BCUT2D eigenvalue weighted by Crippen LogP contribution is 2.20. The Morgan fingerprint density at radius 2 is 1.88 bits per heavy atom. The van der Waals surface area contributed by atoms with E-state index in [-0.39, 0.29) is 0 Å². The van der Waals surface area contributed by atoms with Crippen LogP contribution in [0.3, 0.4) is 0 Å². The van der Waals surface area contributed by atoms with E-state index in [9.17, 15) is 0 Å². The van der Waals surface area contributed by atoms with Crippen molar-refractivity contribution < 1.29 is 14.2 Å². The molecule has 2 aliphatic heterocycles. The van der Waals surface area contributed by atoms with Gasteiger partial charge in [0.25, 0.3) is 0 Å². The Morgan fingerprint density at radius 3 is 2.56 bits per heavy atom. The lowest BCUT2D eigenvalue weighted by Gasteiger charge is -2.24. The third-order valence-corrected chi connectivity index (χ3v) is 4.27. The topological polar surface area (TPSA) is 27.7 Å². The van der Waals surface area contributed by atoms with Gasteiger partial charge in [-0.2, -0.15) is 11.8 Å². The quantitative estimate of drug-likeness (QED) is 0.694. The van der Waals surface area contributed by atoms with Crippen LogP contribution in [-0.2, 0) is 14.2 Å². The molecule has 16 heavy (non-hydrogen) atoms. The molecular weight excluding hydrogens is 224 g/mol. The zero-order valence-corrected chi connectivity index (χ0v) is 10.7. The smallest absolute Gasteiger partial charge is 0.0809 e. The Hall–Kier alpha value is 0.230. The normalized spacial score (nSPS) is 31.5. The molecule has 94 valence electrons. The van der Waals surface area contributed by atoms with Gasteiger partial charge in [-0.25, -0.2) is 0 Å². The first-order chi connectivity index (χ1) is 7.95. The molecule has 0 aromatic carbocycles. The molecule has 4 heteroatoms. The van der Waals surface area contributed by atoms with Crippen LogP contribution < -0.4 is 0 Å². The van der Waals surface area contributed by atoms with Gasteiger partial charge < -0.3 is 14.2 Å². The molecule has 2 saturated heterocycles. The van der Waals surface area contributed by atoms with Crippen LogP contribution in [-0.4, -0.2) is 50.1 Å². The van der Waals surface area contributed by atoms with E-state index in [4.69, 9.17) is 14.2 Å². The molecule has 0 aromatic heterocycles. The number of thioether (sulfide) groups is 1. The maximum atomic E-state index is 5.79. The lowest BCUT2D eigenvalue weighted by Crippen LogP contribution is -2.26. The Morgan fingerprint density at radius 1 is 1.06 bits per heavy atom. The average molecular weight is 246 g/mol. The summed E-state index contributed by atoms with van der Waals surface area (Å²) in [6.07, 6.45) is 5.18. The molecule has 0 radical (unpaired) electrons. The highest BCUT2D eigenvalue weighted by atomic mass is 32.2. The first-order valence-electron chi connectivity index (χ1n) is 6.34. The van der Waals surface area contributed by atoms with E-state index in [0.29, 0.717) is 11.4 Å². The fraction of sp³-hybridized carbons (Fsp3) is 1.00. The second kappa shape index (κ2) is 7.54. The van der Waals surface area contributed by atoms with Crippen LogP contribution in [0.4, 0.5) is 0 Å². The summed E-state index contributed by atoms with van der Waals surface area (Å²) in [5.41, 5.74) is 0. The van der Waals surface area contributed by atoms with Gasteiger partial charge in [-0.05, 0) is 25.7 Å². The van der Waals surface area contributed by atoms with Crippen molar-refractivity contribution in [3.8, 4) is 0 Å². The predicted octanol–water partition coefficient (Wildman–Crippen LogP) is 2.09. The van der Waals surface area contributed by atoms with Crippen LogP contribution in [0.25, 0.3) is 0 Å². The molecule has 0 spiro atoms. The van der Waals surface area contributed by atoms with Gasteiger partial charge in [0.15, 0.2) is 0 Å². The van der Waals surface area contributed by atoms with Gasteiger partial charge in [0.05, 0.1) is 25.9 Å². The lowest BCUT2D eigenvalue weighted by atomic mass is 10.2. The van der Waals surface area contributed by atoms with E-state index in [1.807, 2.05) is 11.8 Å². The number of hydrogen-bond donors (Lipinski definition) is 0. The molecular formula is C12H22O3S. The molecule has 0 saturated carbocycles. The average Bonchev–Trinajstić information content (AvgIpc) is 2.37. The Kier molecular flexibility index (Phi) is 5.97. The minimum Gasteiger partial charge on any atom is -0.380 e. The predicted molar refractivity (Wildman–Crippen MR) is 66.1 cm³/mol. The standard InChI is InChI=1S/C12H22O3S/c1-3-11(9-13-5-1)15-7-8-16-12-4-2-6-14-10-12/h11-12H,1-10H2. The van der Waals surface area contributed by atoms with Crippen LogP contribution in [0.5, 0.6) is 0 Å². The van der Waals surface area contributed by atoms with Crippen LogP contribution in [0.2, 0.25) is 0 Å². The molecule has 2 heterocycles. The molecule has 0 aliphatic carbocycles. The molecule has 2 unspecified atom stereocenters. The van der Waals surface area contributed by atoms with Crippen molar-refractivity contribution in [3.05, 3.63) is 0 Å². The van der Waals surface area contributed by atoms with Crippen molar-refractivity contribution in [2.45, 2.75) is 37.0 Å². The van der Waals surface area contributed by atoms with E-state index in [2.05, 4.69) is 0 Å². The van der Waals surface area contributed by atoms with Gasteiger partial charge in [-0.1, -0.05) is 0 Å². The van der Waals surface area contributed by atoms with Crippen molar-refractivity contribution >= 4 is 11.8 Å². The Bertz CT molecular complexity index is 157. The molecule has 0 N–H and O–H groups in total. The molecule has 0 amide bonds. The maximum absolute atomic E-state index is 5.79. The minimum absolute atomic E-state index is 0.344. The second-order valence-electron chi connectivity index (χ2n) is 4.42. The van der Waals surface area contributed by atoms with Gasteiger partial charge in [0.2, 0.25) is 0 Å². The monoisotopic (exact) mass is 246 g/mol. The van der Waals surface area contributed by atoms with E-state index >= 15 is 0 Å². The largest absolute Gasteiger partial charge is 0.380 e.